The number of nitrogens with zero attached hydrogens (tertiary/aromatic N) is 2. The first kappa shape index (κ1) is 27.0. The maximum Gasteiger partial charge on any atom is 0.247 e. The van der Waals surface area contributed by atoms with Crippen molar-refractivity contribution >= 4 is 10.0 Å². The van der Waals surface area contributed by atoms with Crippen molar-refractivity contribution < 1.29 is 23.0 Å². The lowest BCUT2D eigenvalue weighted by atomic mass is 9.89. The van der Waals surface area contributed by atoms with Crippen molar-refractivity contribution in [3.8, 4) is 17.6 Å². The van der Waals surface area contributed by atoms with Gasteiger partial charge in [0.25, 0.3) is 0 Å². The first-order chi connectivity index (χ1) is 16.3. The summed E-state index contributed by atoms with van der Waals surface area (Å²) in [5.41, 5.74) is 0.676. The molecule has 0 unspecified atom stereocenters. The molecule has 0 bridgehead atoms. The van der Waals surface area contributed by atoms with Gasteiger partial charge in [0.15, 0.2) is 0 Å². The second-order valence-corrected chi connectivity index (χ2v) is 11.7. The summed E-state index contributed by atoms with van der Waals surface area (Å²) >= 11 is 0. The molecular formula is C26H40N2O5S. The number of fused-ring (bicyclic) bond motifs is 1. The minimum atomic E-state index is -3.84. The first-order valence-corrected chi connectivity index (χ1v) is 13.8. The lowest BCUT2D eigenvalue weighted by Crippen LogP contribution is -2.49. The molecule has 2 aliphatic rings. The first-order valence-electron chi connectivity index (χ1n) is 12.4. The molecule has 34 heavy (non-hydrogen) atoms. The van der Waals surface area contributed by atoms with Crippen LogP contribution in [0.25, 0.3) is 0 Å². The van der Waals surface area contributed by atoms with Crippen molar-refractivity contribution in [3.63, 3.8) is 0 Å². The molecule has 8 heteroatoms. The Kier molecular flexibility index (Phi) is 9.81. The second-order valence-electron chi connectivity index (χ2n) is 9.86. The van der Waals surface area contributed by atoms with E-state index in [9.17, 15) is 13.5 Å². The van der Waals surface area contributed by atoms with Crippen LogP contribution in [0, 0.1) is 23.7 Å². The molecule has 3 atom stereocenters. The van der Waals surface area contributed by atoms with Gasteiger partial charge in [-0.1, -0.05) is 38.0 Å². The van der Waals surface area contributed by atoms with E-state index in [0.717, 1.165) is 6.54 Å². The molecule has 1 aromatic rings. The van der Waals surface area contributed by atoms with Crippen molar-refractivity contribution in [2.45, 2.75) is 63.0 Å². The van der Waals surface area contributed by atoms with Crippen molar-refractivity contribution in [2.75, 3.05) is 47.0 Å². The molecule has 1 aliphatic heterocycles. The highest BCUT2D eigenvalue weighted by Crippen LogP contribution is 2.34. The summed E-state index contributed by atoms with van der Waals surface area (Å²) in [4.78, 5) is 2.45. The Labute approximate surface area is 205 Å². The van der Waals surface area contributed by atoms with Gasteiger partial charge in [-0.05, 0) is 50.9 Å². The Bertz CT molecular complexity index is 965. The van der Waals surface area contributed by atoms with E-state index in [4.69, 9.17) is 9.47 Å². The Morgan fingerprint density at radius 2 is 2.00 bits per heavy atom. The van der Waals surface area contributed by atoms with Gasteiger partial charge in [0.1, 0.15) is 23.4 Å². The van der Waals surface area contributed by atoms with Gasteiger partial charge in [-0.15, -0.1) is 0 Å². The molecule has 1 aliphatic carbocycles. The fourth-order valence-corrected chi connectivity index (χ4v) is 6.75. The smallest absolute Gasteiger partial charge is 0.247 e. The zero-order valence-corrected chi connectivity index (χ0v) is 21.8. The van der Waals surface area contributed by atoms with Crippen LogP contribution in [-0.4, -0.2) is 81.9 Å². The van der Waals surface area contributed by atoms with Crippen molar-refractivity contribution in [2.24, 2.45) is 11.8 Å². The fourth-order valence-electron chi connectivity index (χ4n) is 4.92. The highest BCUT2D eigenvalue weighted by molar-refractivity contribution is 7.89. The van der Waals surface area contributed by atoms with E-state index in [0.29, 0.717) is 36.9 Å². The van der Waals surface area contributed by atoms with Gasteiger partial charge in [0, 0.05) is 44.3 Å². The third kappa shape index (κ3) is 6.73. The number of sulfonamides is 1. The van der Waals surface area contributed by atoms with Crippen LogP contribution in [0.1, 0.15) is 51.5 Å². The number of hydrogen-bond donors (Lipinski definition) is 1. The lowest BCUT2D eigenvalue weighted by Gasteiger charge is -2.38. The molecule has 0 radical (unpaired) electrons. The van der Waals surface area contributed by atoms with Crippen LogP contribution in [0.4, 0.5) is 0 Å². The van der Waals surface area contributed by atoms with Crippen LogP contribution in [0.5, 0.6) is 5.75 Å². The summed E-state index contributed by atoms with van der Waals surface area (Å²) in [6.07, 6.45) is 6.30. The SMILES string of the molecule is COCC#Cc1ccc2c(c1)O[C@@H](CN(C)CC1CCCCC1)[C@@H](C)CN([C@@H](C)CO)S2(=O)=O. The van der Waals surface area contributed by atoms with Crippen LogP contribution in [0.15, 0.2) is 23.1 Å². The molecule has 0 saturated heterocycles. The molecule has 1 fully saturated rings. The van der Waals surface area contributed by atoms with Gasteiger partial charge < -0.3 is 19.5 Å². The van der Waals surface area contributed by atoms with Crippen LogP contribution >= 0.6 is 0 Å². The summed E-state index contributed by atoms with van der Waals surface area (Å²) in [7, 11) is -0.134. The van der Waals surface area contributed by atoms with Gasteiger partial charge in [0.05, 0.1) is 6.61 Å². The number of likely N-dealkylation sites (N-methyl/N-ethyl adjacent to an activating group) is 1. The maximum atomic E-state index is 13.6. The minimum absolute atomic E-state index is 0.0611. The summed E-state index contributed by atoms with van der Waals surface area (Å²) < 4.78 is 40.0. The van der Waals surface area contributed by atoms with Gasteiger partial charge >= 0.3 is 0 Å². The Morgan fingerprint density at radius 3 is 2.68 bits per heavy atom. The molecule has 1 aromatic carbocycles. The number of aliphatic hydroxyl groups is 1. The molecule has 1 heterocycles. The molecule has 1 saturated carbocycles. The van der Waals surface area contributed by atoms with Crippen molar-refractivity contribution in [1.29, 1.82) is 0 Å². The predicted molar refractivity (Wildman–Crippen MR) is 133 cm³/mol. The highest BCUT2D eigenvalue weighted by atomic mass is 32.2. The number of ether oxygens (including phenoxy) is 2. The number of benzene rings is 1. The summed E-state index contributed by atoms with van der Waals surface area (Å²) in [5, 5.41) is 9.80. The van der Waals surface area contributed by atoms with Crippen molar-refractivity contribution in [1.82, 2.24) is 9.21 Å². The predicted octanol–water partition coefficient (Wildman–Crippen LogP) is 2.97. The largest absolute Gasteiger partial charge is 0.487 e. The van der Waals surface area contributed by atoms with Gasteiger partial charge in [0.2, 0.25) is 10.0 Å². The maximum absolute atomic E-state index is 13.6. The van der Waals surface area contributed by atoms with E-state index in [1.54, 1.807) is 32.2 Å². The Hall–Kier alpha value is -1.63. The molecule has 7 nitrogen and oxygen atoms in total. The molecule has 0 spiro atoms. The lowest BCUT2D eigenvalue weighted by molar-refractivity contribution is 0.0688. The topological polar surface area (TPSA) is 79.3 Å². The zero-order chi connectivity index (χ0) is 24.7. The average molecular weight is 493 g/mol. The monoisotopic (exact) mass is 492 g/mol. The molecular weight excluding hydrogens is 452 g/mol. The highest BCUT2D eigenvalue weighted by Gasteiger charge is 2.38. The number of methoxy groups -OCH3 is 1. The van der Waals surface area contributed by atoms with E-state index >= 15 is 0 Å². The number of aliphatic hydroxyl groups excluding tert-OH is 1. The van der Waals surface area contributed by atoms with Gasteiger partial charge in [-0.2, -0.15) is 4.31 Å². The zero-order valence-electron chi connectivity index (χ0n) is 21.0. The van der Waals surface area contributed by atoms with Gasteiger partial charge in [-0.25, -0.2) is 8.42 Å². The summed E-state index contributed by atoms with van der Waals surface area (Å²) in [5.74, 6) is 6.90. The number of rotatable bonds is 7. The average Bonchev–Trinajstić information content (AvgIpc) is 2.81. The standard InChI is InChI=1S/C26H40N2O5S/c1-20-16-28(21(2)19-29)34(30,31)26-13-12-22(11-8-14-32-4)15-24(26)33-25(20)18-27(3)17-23-9-6-5-7-10-23/h12-13,15,20-21,23,25,29H,5-7,9-10,14,16-19H2,1-4H3/t20-,21-,25-/m0/s1. The van der Waals surface area contributed by atoms with Crippen LogP contribution in [0.3, 0.4) is 0 Å². The normalized spacial score (nSPS) is 24.3. The fraction of sp³-hybridized carbons (Fsp3) is 0.692. The minimum Gasteiger partial charge on any atom is -0.487 e. The molecule has 1 N–H and O–H groups in total. The second kappa shape index (κ2) is 12.4. The van der Waals surface area contributed by atoms with E-state index < -0.39 is 16.1 Å². The molecule has 190 valence electrons. The van der Waals surface area contributed by atoms with E-state index in [1.807, 2.05) is 6.92 Å². The third-order valence-corrected chi connectivity index (χ3v) is 8.92. The van der Waals surface area contributed by atoms with E-state index in [1.165, 1.54) is 36.4 Å². The Balaban J connectivity index is 1.92. The van der Waals surface area contributed by atoms with E-state index in [2.05, 4.69) is 23.8 Å². The third-order valence-electron chi connectivity index (χ3n) is 6.90. The van der Waals surface area contributed by atoms with Crippen molar-refractivity contribution in [3.05, 3.63) is 23.8 Å². The summed E-state index contributed by atoms with van der Waals surface area (Å²) in [6, 6.07) is 4.44. The van der Waals surface area contributed by atoms with Crippen LogP contribution in [-0.2, 0) is 14.8 Å². The molecule has 0 aromatic heterocycles. The number of hydrogen-bond acceptors (Lipinski definition) is 6. The van der Waals surface area contributed by atoms with Crippen LogP contribution in [0.2, 0.25) is 0 Å². The Morgan fingerprint density at radius 1 is 1.26 bits per heavy atom. The molecule has 0 amide bonds. The van der Waals surface area contributed by atoms with Crippen LogP contribution < -0.4 is 4.74 Å². The van der Waals surface area contributed by atoms with Gasteiger partial charge in [-0.3, -0.25) is 0 Å². The quantitative estimate of drug-likeness (QED) is 0.590. The van der Waals surface area contributed by atoms with E-state index in [-0.39, 0.29) is 23.5 Å². The molecule has 3 rings (SSSR count). The summed E-state index contributed by atoms with van der Waals surface area (Å²) in [6.45, 7) is 5.84.